The molecule has 1 aromatic carbocycles. The van der Waals surface area contributed by atoms with Crippen molar-refractivity contribution in [1.82, 2.24) is 9.78 Å². The standard InChI is InChI=1S/C17H25N3O/c1-5-9-14-16(18)17(20(4)19-14)21-15-11-8-7-10-13(15)12(3)6-2/h7-8,10-12H,5-6,9,18H2,1-4H3. The molecule has 0 amide bonds. The SMILES string of the molecule is CCCc1nn(C)c(Oc2ccccc2C(C)CC)c1N. The summed E-state index contributed by atoms with van der Waals surface area (Å²) in [5, 5.41) is 4.46. The lowest BCUT2D eigenvalue weighted by atomic mass is 9.98. The van der Waals surface area contributed by atoms with Crippen LogP contribution in [0.5, 0.6) is 11.6 Å². The highest BCUT2D eigenvalue weighted by Crippen LogP contribution is 2.35. The smallest absolute Gasteiger partial charge is 0.241 e. The van der Waals surface area contributed by atoms with Crippen LogP contribution in [0.15, 0.2) is 24.3 Å². The molecule has 0 bridgehead atoms. The van der Waals surface area contributed by atoms with Crippen LogP contribution in [0.1, 0.15) is 50.8 Å². The Morgan fingerprint density at radius 3 is 2.67 bits per heavy atom. The Bertz CT molecular complexity index is 604. The van der Waals surface area contributed by atoms with Crippen molar-refractivity contribution in [2.45, 2.75) is 46.0 Å². The van der Waals surface area contributed by atoms with Crippen molar-refractivity contribution >= 4 is 5.69 Å². The normalized spacial score (nSPS) is 12.4. The van der Waals surface area contributed by atoms with Gasteiger partial charge in [0.1, 0.15) is 11.4 Å². The first-order valence-corrected chi connectivity index (χ1v) is 7.66. The van der Waals surface area contributed by atoms with Crippen molar-refractivity contribution in [2.75, 3.05) is 5.73 Å². The summed E-state index contributed by atoms with van der Waals surface area (Å²) < 4.78 is 7.83. The van der Waals surface area contributed by atoms with Crippen LogP contribution in [0.2, 0.25) is 0 Å². The molecule has 114 valence electrons. The number of nitrogens with zero attached hydrogens (tertiary/aromatic N) is 2. The van der Waals surface area contributed by atoms with Crippen LogP contribution in [0.25, 0.3) is 0 Å². The maximum absolute atomic E-state index is 6.19. The highest BCUT2D eigenvalue weighted by atomic mass is 16.5. The molecule has 0 aliphatic carbocycles. The third kappa shape index (κ3) is 3.20. The highest BCUT2D eigenvalue weighted by molar-refractivity contribution is 5.55. The second-order valence-corrected chi connectivity index (χ2v) is 5.49. The van der Waals surface area contributed by atoms with Gasteiger partial charge in [-0.05, 0) is 30.4 Å². The van der Waals surface area contributed by atoms with E-state index in [4.69, 9.17) is 10.5 Å². The summed E-state index contributed by atoms with van der Waals surface area (Å²) in [5.41, 5.74) is 8.96. The van der Waals surface area contributed by atoms with Crippen molar-refractivity contribution in [3.05, 3.63) is 35.5 Å². The third-order valence-corrected chi connectivity index (χ3v) is 3.86. The molecule has 21 heavy (non-hydrogen) atoms. The molecule has 0 aliphatic rings. The van der Waals surface area contributed by atoms with Gasteiger partial charge in [-0.25, -0.2) is 4.68 Å². The minimum absolute atomic E-state index is 0.450. The number of aryl methyl sites for hydroxylation is 2. The van der Waals surface area contributed by atoms with Gasteiger partial charge in [-0.15, -0.1) is 0 Å². The van der Waals surface area contributed by atoms with Crippen LogP contribution in [-0.2, 0) is 13.5 Å². The Kier molecular flexibility index (Phi) is 4.89. The number of nitrogens with two attached hydrogens (primary N) is 1. The Morgan fingerprint density at radius 2 is 2.00 bits per heavy atom. The zero-order valence-corrected chi connectivity index (χ0v) is 13.4. The van der Waals surface area contributed by atoms with Crippen LogP contribution in [-0.4, -0.2) is 9.78 Å². The van der Waals surface area contributed by atoms with Gasteiger partial charge in [0.15, 0.2) is 0 Å². The molecule has 0 aliphatic heterocycles. The Labute approximate surface area is 126 Å². The summed E-state index contributed by atoms with van der Waals surface area (Å²) in [7, 11) is 1.87. The van der Waals surface area contributed by atoms with Gasteiger partial charge < -0.3 is 10.5 Å². The number of aromatic nitrogens is 2. The van der Waals surface area contributed by atoms with E-state index in [1.165, 1.54) is 5.56 Å². The van der Waals surface area contributed by atoms with E-state index in [0.717, 1.165) is 30.7 Å². The van der Waals surface area contributed by atoms with Gasteiger partial charge in [-0.3, -0.25) is 0 Å². The van der Waals surface area contributed by atoms with Gasteiger partial charge in [0.05, 0.1) is 5.69 Å². The molecule has 4 nitrogen and oxygen atoms in total. The number of hydrogen-bond acceptors (Lipinski definition) is 3. The lowest BCUT2D eigenvalue weighted by Gasteiger charge is -2.15. The van der Waals surface area contributed by atoms with Crippen LogP contribution in [0, 0.1) is 0 Å². The summed E-state index contributed by atoms with van der Waals surface area (Å²) in [6.07, 6.45) is 2.96. The molecule has 2 N–H and O–H groups in total. The molecular weight excluding hydrogens is 262 g/mol. The molecule has 2 rings (SSSR count). The minimum Gasteiger partial charge on any atom is -0.437 e. The molecule has 0 radical (unpaired) electrons. The van der Waals surface area contributed by atoms with E-state index in [9.17, 15) is 0 Å². The van der Waals surface area contributed by atoms with Crippen molar-refractivity contribution in [1.29, 1.82) is 0 Å². The fourth-order valence-corrected chi connectivity index (χ4v) is 2.43. The number of anilines is 1. The van der Waals surface area contributed by atoms with E-state index in [1.807, 2.05) is 25.2 Å². The monoisotopic (exact) mass is 287 g/mol. The van der Waals surface area contributed by atoms with E-state index in [0.29, 0.717) is 17.5 Å². The second kappa shape index (κ2) is 6.66. The number of hydrogen-bond donors (Lipinski definition) is 1. The van der Waals surface area contributed by atoms with Crippen molar-refractivity contribution in [3.63, 3.8) is 0 Å². The van der Waals surface area contributed by atoms with E-state index >= 15 is 0 Å². The Hall–Kier alpha value is -1.97. The number of para-hydroxylation sites is 1. The van der Waals surface area contributed by atoms with Crippen molar-refractivity contribution < 1.29 is 4.74 Å². The molecule has 0 saturated carbocycles. The Balaban J connectivity index is 2.35. The molecule has 1 heterocycles. The first-order chi connectivity index (χ1) is 10.1. The first kappa shape index (κ1) is 15.4. The number of rotatable bonds is 6. The van der Waals surface area contributed by atoms with E-state index in [-0.39, 0.29) is 0 Å². The van der Waals surface area contributed by atoms with Gasteiger partial charge in [0, 0.05) is 7.05 Å². The fraction of sp³-hybridized carbons (Fsp3) is 0.471. The van der Waals surface area contributed by atoms with Gasteiger partial charge >= 0.3 is 0 Å². The quantitative estimate of drug-likeness (QED) is 0.863. The summed E-state index contributed by atoms with van der Waals surface area (Å²) >= 11 is 0. The predicted octanol–water partition coefficient (Wildman–Crippen LogP) is 4.26. The zero-order valence-electron chi connectivity index (χ0n) is 13.4. The first-order valence-electron chi connectivity index (χ1n) is 7.66. The summed E-state index contributed by atoms with van der Waals surface area (Å²) in [6.45, 7) is 6.50. The van der Waals surface area contributed by atoms with E-state index in [1.54, 1.807) is 4.68 Å². The second-order valence-electron chi connectivity index (χ2n) is 5.49. The van der Waals surface area contributed by atoms with Crippen molar-refractivity contribution in [3.8, 4) is 11.6 Å². The third-order valence-electron chi connectivity index (χ3n) is 3.86. The molecule has 0 fully saturated rings. The van der Waals surface area contributed by atoms with Crippen molar-refractivity contribution in [2.24, 2.45) is 7.05 Å². The Morgan fingerprint density at radius 1 is 1.29 bits per heavy atom. The average Bonchev–Trinajstić information content (AvgIpc) is 2.75. The molecule has 1 aromatic heterocycles. The number of ether oxygens (including phenoxy) is 1. The lowest BCUT2D eigenvalue weighted by Crippen LogP contribution is -2.01. The molecule has 2 aromatic rings. The van der Waals surface area contributed by atoms with Crippen LogP contribution in [0.3, 0.4) is 0 Å². The lowest BCUT2D eigenvalue weighted by molar-refractivity contribution is 0.424. The number of nitrogen functional groups attached to an aromatic ring is 1. The molecular formula is C17H25N3O. The van der Waals surface area contributed by atoms with Crippen LogP contribution >= 0.6 is 0 Å². The van der Waals surface area contributed by atoms with Gasteiger partial charge in [0.25, 0.3) is 0 Å². The average molecular weight is 287 g/mol. The molecule has 1 atom stereocenters. The van der Waals surface area contributed by atoms with Crippen LogP contribution in [0.4, 0.5) is 5.69 Å². The van der Waals surface area contributed by atoms with Crippen LogP contribution < -0.4 is 10.5 Å². The predicted molar refractivity (Wildman–Crippen MR) is 86.8 cm³/mol. The van der Waals surface area contributed by atoms with Gasteiger partial charge in [0.2, 0.25) is 5.88 Å². The molecule has 4 heteroatoms. The minimum atomic E-state index is 0.450. The molecule has 1 unspecified atom stereocenters. The van der Waals surface area contributed by atoms with E-state index in [2.05, 4.69) is 31.9 Å². The molecule has 0 saturated heterocycles. The summed E-state index contributed by atoms with van der Waals surface area (Å²) in [6, 6.07) is 8.14. The maximum Gasteiger partial charge on any atom is 0.241 e. The fourth-order valence-electron chi connectivity index (χ4n) is 2.43. The highest BCUT2D eigenvalue weighted by Gasteiger charge is 2.17. The zero-order chi connectivity index (χ0) is 15.4. The topological polar surface area (TPSA) is 53.1 Å². The van der Waals surface area contributed by atoms with Gasteiger partial charge in [-0.2, -0.15) is 5.10 Å². The maximum atomic E-state index is 6.19. The summed E-state index contributed by atoms with van der Waals surface area (Å²) in [4.78, 5) is 0. The van der Waals surface area contributed by atoms with Gasteiger partial charge in [-0.1, -0.05) is 45.4 Å². The number of benzene rings is 1. The largest absolute Gasteiger partial charge is 0.437 e. The molecule has 0 spiro atoms. The van der Waals surface area contributed by atoms with E-state index < -0.39 is 0 Å². The summed E-state index contributed by atoms with van der Waals surface area (Å²) in [5.74, 6) is 1.95.